The molecule has 1 heterocycles. The number of thiazole rings is 1. The number of fused-ring (bicyclic) bond motifs is 1. The summed E-state index contributed by atoms with van der Waals surface area (Å²) >= 11 is 1.44. The second-order valence-corrected chi connectivity index (χ2v) is 7.51. The first-order valence-corrected chi connectivity index (χ1v) is 10.2. The van der Waals surface area contributed by atoms with Crippen molar-refractivity contribution in [1.29, 1.82) is 0 Å². The van der Waals surface area contributed by atoms with Crippen LogP contribution < -0.4 is 14.5 Å². The summed E-state index contributed by atoms with van der Waals surface area (Å²) in [7, 11) is 1.62. The van der Waals surface area contributed by atoms with Gasteiger partial charge in [0.15, 0.2) is 5.13 Å². The van der Waals surface area contributed by atoms with Crippen molar-refractivity contribution < 1.29 is 18.8 Å². The second kappa shape index (κ2) is 9.12. The van der Waals surface area contributed by atoms with Crippen molar-refractivity contribution in [3.8, 4) is 5.75 Å². The molecule has 5 nitrogen and oxygen atoms in total. The average Bonchev–Trinajstić information content (AvgIpc) is 3.13. The van der Waals surface area contributed by atoms with E-state index >= 15 is 0 Å². The van der Waals surface area contributed by atoms with Crippen LogP contribution in [-0.4, -0.2) is 44.2 Å². The Morgan fingerprint density at radius 3 is 2.68 bits per heavy atom. The Balaban J connectivity index is 1.96. The smallest absolute Gasteiger partial charge is 0.260 e. The number of anilines is 1. The summed E-state index contributed by atoms with van der Waals surface area (Å²) in [6.07, 6.45) is 0. The first kappa shape index (κ1) is 20.2. The van der Waals surface area contributed by atoms with Crippen molar-refractivity contribution >= 4 is 32.6 Å². The maximum Gasteiger partial charge on any atom is 0.260 e. The number of benzene rings is 2. The molecule has 0 aliphatic carbocycles. The fourth-order valence-electron chi connectivity index (χ4n) is 3.07. The summed E-state index contributed by atoms with van der Waals surface area (Å²) in [5.41, 5.74) is 1.14. The average molecular weight is 403 g/mol. The molecule has 3 aromatic rings. The highest BCUT2D eigenvalue weighted by Gasteiger charge is 2.23. The van der Waals surface area contributed by atoms with E-state index in [-0.39, 0.29) is 5.91 Å². The number of halogens is 1. The Morgan fingerprint density at radius 2 is 2.00 bits per heavy atom. The molecule has 1 N–H and O–H groups in total. The summed E-state index contributed by atoms with van der Waals surface area (Å²) in [5.74, 6) is 0.0876. The standard InChI is InChI=1S/C21H24FN3O2S/c1-4-24(5-2)11-12-25(20(26)15-7-6-8-16(22)13-15)21-23-18-10-9-17(27-3)14-19(18)28-21/h6-10,13-14H,4-5,11-12H2,1-3H3/p+1. The quantitative estimate of drug-likeness (QED) is 0.630. The van der Waals surface area contributed by atoms with Crippen LogP contribution in [-0.2, 0) is 0 Å². The molecule has 28 heavy (non-hydrogen) atoms. The van der Waals surface area contributed by atoms with E-state index in [1.165, 1.54) is 28.4 Å². The van der Waals surface area contributed by atoms with E-state index < -0.39 is 5.82 Å². The third kappa shape index (κ3) is 4.48. The van der Waals surface area contributed by atoms with Gasteiger partial charge in [-0.2, -0.15) is 0 Å². The lowest BCUT2D eigenvalue weighted by molar-refractivity contribution is -0.894. The molecule has 0 aliphatic heterocycles. The van der Waals surface area contributed by atoms with E-state index in [9.17, 15) is 9.18 Å². The molecule has 1 aromatic heterocycles. The number of aromatic nitrogens is 1. The van der Waals surface area contributed by atoms with Gasteiger partial charge in [-0.15, -0.1) is 0 Å². The molecule has 0 bridgehead atoms. The molecule has 0 spiro atoms. The van der Waals surface area contributed by atoms with Gasteiger partial charge in [0.05, 0.1) is 43.5 Å². The van der Waals surface area contributed by atoms with Crippen LogP contribution in [0.2, 0.25) is 0 Å². The highest BCUT2D eigenvalue weighted by atomic mass is 32.1. The van der Waals surface area contributed by atoms with E-state index in [1.807, 2.05) is 18.2 Å². The number of hydrogen-bond acceptors (Lipinski definition) is 4. The third-order valence-electron chi connectivity index (χ3n) is 4.82. The first-order valence-electron chi connectivity index (χ1n) is 9.41. The van der Waals surface area contributed by atoms with Crippen LogP contribution in [0.5, 0.6) is 5.75 Å². The number of hydrogen-bond donors (Lipinski definition) is 1. The largest absolute Gasteiger partial charge is 0.497 e. The molecule has 7 heteroatoms. The Morgan fingerprint density at radius 1 is 1.21 bits per heavy atom. The number of ether oxygens (including phenoxy) is 1. The van der Waals surface area contributed by atoms with E-state index in [0.717, 1.165) is 35.6 Å². The molecule has 148 valence electrons. The van der Waals surface area contributed by atoms with Crippen molar-refractivity contribution in [2.24, 2.45) is 0 Å². The minimum atomic E-state index is -0.422. The highest BCUT2D eigenvalue weighted by Crippen LogP contribution is 2.32. The summed E-state index contributed by atoms with van der Waals surface area (Å²) in [5, 5.41) is 0.615. The fourth-order valence-corrected chi connectivity index (χ4v) is 4.09. The fraction of sp³-hybridized carbons (Fsp3) is 0.333. The first-order chi connectivity index (χ1) is 13.5. The molecular formula is C21H25FN3O2S+. The van der Waals surface area contributed by atoms with Crippen LogP contribution in [0.15, 0.2) is 42.5 Å². The molecule has 3 rings (SSSR count). The van der Waals surface area contributed by atoms with Gasteiger partial charge in [-0.25, -0.2) is 9.37 Å². The Bertz CT molecular complexity index is 956. The molecular weight excluding hydrogens is 377 g/mol. The van der Waals surface area contributed by atoms with E-state index in [2.05, 4.69) is 18.8 Å². The van der Waals surface area contributed by atoms with Crippen LogP contribution in [0.3, 0.4) is 0 Å². The summed E-state index contributed by atoms with van der Waals surface area (Å²) < 4.78 is 19.9. The van der Waals surface area contributed by atoms with Crippen LogP contribution in [0.4, 0.5) is 9.52 Å². The van der Waals surface area contributed by atoms with Gasteiger partial charge in [0.1, 0.15) is 11.6 Å². The molecule has 0 saturated carbocycles. The number of likely N-dealkylation sites (N-methyl/N-ethyl adjacent to an activating group) is 1. The minimum absolute atomic E-state index is 0.239. The number of nitrogens with one attached hydrogen (secondary N) is 1. The van der Waals surface area contributed by atoms with E-state index in [4.69, 9.17) is 4.74 Å². The molecule has 0 aliphatic rings. The molecule has 1 amide bonds. The van der Waals surface area contributed by atoms with Crippen molar-refractivity contribution in [3.05, 3.63) is 53.8 Å². The van der Waals surface area contributed by atoms with Crippen molar-refractivity contribution in [2.45, 2.75) is 13.8 Å². The summed E-state index contributed by atoms with van der Waals surface area (Å²) in [6, 6.07) is 11.5. The van der Waals surface area contributed by atoms with Crippen LogP contribution >= 0.6 is 11.3 Å². The number of methoxy groups -OCH3 is 1. The number of carbonyl (C=O) groups excluding carboxylic acids is 1. The summed E-state index contributed by atoms with van der Waals surface area (Å²) in [6.45, 7) is 7.53. The number of carbonyl (C=O) groups is 1. The van der Waals surface area contributed by atoms with Gasteiger partial charge in [0.2, 0.25) is 0 Å². The zero-order valence-corrected chi connectivity index (χ0v) is 17.2. The molecule has 0 atom stereocenters. The molecule has 0 saturated heterocycles. The van der Waals surface area contributed by atoms with Crippen molar-refractivity contribution in [2.75, 3.05) is 38.2 Å². The topological polar surface area (TPSA) is 46.9 Å². The van der Waals surface area contributed by atoms with E-state index in [0.29, 0.717) is 17.2 Å². The maximum absolute atomic E-state index is 13.7. The Kier molecular flexibility index (Phi) is 6.59. The van der Waals surface area contributed by atoms with Gasteiger partial charge in [0, 0.05) is 5.56 Å². The maximum atomic E-state index is 13.7. The van der Waals surface area contributed by atoms with Crippen molar-refractivity contribution in [1.82, 2.24) is 4.98 Å². The third-order valence-corrected chi connectivity index (χ3v) is 5.86. The Hall–Kier alpha value is -2.51. The molecule has 0 unspecified atom stereocenters. The van der Waals surface area contributed by atoms with Crippen molar-refractivity contribution in [3.63, 3.8) is 0 Å². The van der Waals surface area contributed by atoms with Gasteiger partial charge in [0.25, 0.3) is 5.91 Å². The Labute approximate surface area is 168 Å². The molecule has 2 aromatic carbocycles. The van der Waals surface area contributed by atoms with Gasteiger partial charge < -0.3 is 9.64 Å². The van der Waals surface area contributed by atoms with Crippen LogP contribution in [0.25, 0.3) is 10.2 Å². The van der Waals surface area contributed by atoms with Gasteiger partial charge in [-0.05, 0) is 50.2 Å². The normalized spacial score (nSPS) is 11.2. The lowest BCUT2D eigenvalue weighted by Crippen LogP contribution is -3.12. The van der Waals surface area contributed by atoms with Crippen LogP contribution in [0.1, 0.15) is 24.2 Å². The SMILES string of the molecule is CC[NH+](CC)CCN(C(=O)c1cccc(F)c1)c1nc2ccc(OC)cc2s1. The van der Waals surface area contributed by atoms with E-state index in [1.54, 1.807) is 24.1 Å². The van der Waals surface area contributed by atoms with Gasteiger partial charge in [-0.3, -0.25) is 9.69 Å². The van der Waals surface area contributed by atoms with Crippen LogP contribution in [0, 0.1) is 5.82 Å². The second-order valence-electron chi connectivity index (χ2n) is 6.50. The molecule has 0 fully saturated rings. The van der Waals surface area contributed by atoms with Gasteiger partial charge in [-0.1, -0.05) is 17.4 Å². The lowest BCUT2D eigenvalue weighted by Gasteiger charge is -2.23. The molecule has 0 radical (unpaired) electrons. The monoisotopic (exact) mass is 402 g/mol. The lowest BCUT2D eigenvalue weighted by atomic mass is 10.2. The van der Waals surface area contributed by atoms with Gasteiger partial charge >= 0.3 is 0 Å². The number of nitrogens with zero attached hydrogens (tertiary/aromatic N) is 2. The zero-order valence-electron chi connectivity index (χ0n) is 16.4. The zero-order chi connectivity index (χ0) is 20.1. The number of amides is 1. The highest BCUT2D eigenvalue weighted by molar-refractivity contribution is 7.22. The summed E-state index contributed by atoms with van der Waals surface area (Å²) in [4.78, 5) is 20.9. The number of quaternary nitrogens is 1. The predicted octanol–water partition coefficient (Wildman–Crippen LogP) is 3.02. The number of rotatable bonds is 8. The predicted molar refractivity (Wildman–Crippen MR) is 111 cm³/mol. The minimum Gasteiger partial charge on any atom is -0.497 e.